The summed E-state index contributed by atoms with van der Waals surface area (Å²) in [5, 5.41) is 3.05. The summed E-state index contributed by atoms with van der Waals surface area (Å²) in [6.07, 6.45) is 3.44. The fourth-order valence-corrected chi connectivity index (χ4v) is 4.22. The van der Waals surface area contributed by atoms with E-state index in [4.69, 9.17) is 14.2 Å². The molecule has 30 heavy (non-hydrogen) atoms. The number of aryl methyl sites for hydroxylation is 2. The molecule has 0 radical (unpaired) electrons. The van der Waals surface area contributed by atoms with E-state index in [1.807, 2.05) is 18.2 Å². The van der Waals surface area contributed by atoms with Crippen LogP contribution in [0.4, 0.5) is 0 Å². The Balaban J connectivity index is 1.34. The molecule has 0 saturated carbocycles. The summed E-state index contributed by atoms with van der Waals surface area (Å²) >= 11 is 0. The van der Waals surface area contributed by atoms with Gasteiger partial charge in [-0.2, -0.15) is 0 Å². The number of morpholine rings is 1. The summed E-state index contributed by atoms with van der Waals surface area (Å²) in [5.74, 6) is 1.49. The lowest BCUT2D eigenvalue weighted by Gasteiger charge is -2.35. The van der Waals surface area contributed by atoms with Gasteiger partial charge in [0.2, 0.25) is 0 Å². The molecule has 1 amide bonds. The van der Waals surface area contributed by atoms with Crippen LogP contribution in [0.25, 0.3) is 0 Å². The van der Waals surface area contributed by atoms with E-state index in [9.17, 15) is 4.79 Å². The molecule has 2 aliphatic rings. The SMILES string of the molecule is COc1ccc([C@H](CNC(=O)COc2ccc3c(c2)CCC3)N2CCOCC2)cc1. The zero-order valence-corrected chi connectivity index (χ0v) is 17.6. The number of methoxy groups -OCH3 is 1. The third-order valence-corrected chi connectivity index (χ3v) is 5.92. The van der Waals surface area contributed by atoms with Gasteiger partial charge in [0.15, 0.2) is 6.61 Å². The average Bonchev–Trinajstić information content (AvgIpc) is 3.27. The van der Waals surface area contributed by atoms with Crippen LogP contribution in [0.5, 0.6) is 11.5 Å². The molecule has 160 valence electrons. The van der Waals surface area contributed by atoms with Gasteiger partial charge < -0.3 is 19.5 Å². The summed E-state index contributed by atoms with van der Waals surface area (Å²) < 4.78 is 16.5. The second-order valence-corrected chi connectivity index (χ2v) is 7.81. The third-order valence-electron chi connectivity index (χ3n) is 5.92. The Kier molecular flexibility index (Phi) is 6.87. The van der Waals surface area contributed by atoms with E-state index in [-0.39, 0.29) is 18.6 Å². The maximum atomic E-state index is 12.5. The van der Waals surface area contributed by atoms with Gasteiger partial charge in [0.05, 0.1) is 26.4 Å². The van der Waals surface area contributed by atoms with E-state index in [1.165, 1.54) is 17.5 Å². The number of amides is 1. The summed E-state index contributed by atoms with van der Waals surface area (Å²) in [4.78, 5) is 14.8. The van der Waals surface area contributed by atoms with E-state index in [0.717, 1.165) is 43.0 Å². The van der Waals surface area contributed by atoms with E-state index in [1.54, 1.807) is 7.11 Å². The van der Waals surface area contributed by atoms with Crippen molar-refractivity contribution >= 4 is 5.91 Å². The summed E-state index contributed by atoms with van der Waals surface area (Å²) in [5.41, 5.74) is 3.90. The number of benzene rings is 2. The van der Waals surface area contributed by atoms with Crippen LogP contribution in [-0.4, -0.2) is 57.4 Å². The number of nitrogens with one attached hydrogen (secondary N) is 1. The van der Waals surface area contributed by atoms with Crippen molar-refractivity contribution in [3.05, 3.63) is 59.2 Å². The molecule has 6 nitrogen and oxygen atoms in total. The van der Waals surface area contributed by atoms with Crippen molar-refractivity contribution in [1.29, 1.82) is 0 Å². The Hall–Kier alpha value is -2.57. The molecule has 1 atom stereocenters. The Morgan fingerprint density at radius 1 is 1.07 bits per heavy atom. The number of ether oxygens (including phenoxy) is 3. The van der Waals surface area contributed by atoms with E-state index in [2.05, 4.69) is 34.5 Å². The fourth-order valence-electron chi connectivity index (χ4n) is 4.22. The molecule has 1 heterocycles. The first-order chi connectivity index (χ1) is 14.7. The number of hydrogen-bond acceptors (Lipinski definition) is 5. The van der Waals surface area contributed by atoms with Crippen LogP contribution in [0.1, 0.15) is 29.2 Å². The van der Waals surface area contributed by atoms with Gasteiger partial charge in [0.25, 0.3) is 5.91 Å². The molecule has 1 aliphatic carbocycles. The largest absolute Gasteiger partial charge is 0.497 e. The molecule has 0 aromatic heterocycles. The molecular formula is C24H30N2O4. The highest BCUT2D eigenvalue weighted by Gasteiger charge is 2.23. The summed E-state index contributed by atoms with van der Waals surface area (Å²) in [7, 11) is 1.66. The van der Waals surface area contributed by atoms with Gasteiger partial charge in [-0.3, -0.25) is 9.69 Å². The smallest absolute Gasteiger partial charge is 0.258 e. The zero-order chi connectivity index (χ0) is 20.8. The lowest BCUT2D eigenvalue weighted by molar-refractivity contribution is -0.123. The number of fused-ring (bicyclic) bond motifs is 1. The van der Waals surface area contributed by atoms with Gasteiger partial charge in [0, 0.05) is 19.6 Å². The molecule has 1 N–H and O–H groups in total. The van der Waals surface area contributed by atoms with Crippen molar-refractivity contribution in [2.75, 3.05) is 46.6 Å². The Labute approximate surface area is 178 Å². The molecular weight excluding hydrogens is 380 g/mol. The maximum Gasteiger partial charge on any atom is 0.258 e. The summed E-state index contributed by atoms with van der Waals surface area (Å²) in [6.45, 7) is 3.66. The lowest BCUT2D eigenvalue weighted by Crippen LogP contribution is -2.44. The van der Waals surface area contributed by atoms with Crippen molar-refractivity contribution in [3.63, 3.8) is 0 Å². The Morgan fingerprint density at radius 2 is 1.80 bits per heavy atom. The molecule has 0 unspecified atom stereocenters. The predicted molar refractivity (Wildman–Crippen MR) is 115 cm³/mol. The highest BCUT2D eigenvalue weighted by atomic mass is 16.5. The van der Waals surface area contributed by atoms with Gasteiger partial charge in [-0.1, -0.05) is 18.2 Å². The molecule has 1 fully saturated rings. The highest BCUT2D eigenvalue weighted by Crippen LogP contribution is 2.26. The number of rotatable bonds is 8. The molecule has 0 bridgehead atoms. The van der Waals surface area contributed by atoms with Crippen LogP contribution in [0.3, 0.4) is 0 Å². The number of hydrogen-bond donors (Lipinski definition) is 1. The normalized spacial score (nSPS) is 17.2. The van der Waals surface area contributed by atoms with Gasteiger partial charge in [0.1, 0.15) is 11.5 Å². The molecule has 2 aromatic rings. The minimum Gasteiger partial charge on any atom is -0.497 e. The van der Waals surface area contributed by atoms with Crippen molar-refractivity contribution in [2.45, 2.75) is 25.3 Å². The van der Waals surface area contributed by atoms with Crippen LogP contribution in [0.2, 0.25) is 0 Å². The quantitative estimate of drug-likeness (QED) is 0.725. The van der Waals surface area contributed by atoms with Gasteiger partial charge in [-0.25, -0.2) is 0 Å². The number of carbonyl (C=O) groups is 1. The van der Waals surface area contributed by atoms with Crippen molar-refractivity contribution in [1.82, 2.24) is 10.2 Å². The topological polar surface area (TPSA) is 60.0 Å². The lowest BCUT2D eigenvalue weighted by atomic mass is 10.0. The number of carbonyl (C=O) groups excluding carboxylic acids is 1. The monoisotopic (exact) mass is 410 g/mol. The Morgan fingerprint density at radius 3 is 2.57 bits per heavy atom. The first kappa shape index (κ1) is 20.7. The van der Waals surface area contributed by atoms with Crippen LogP contribution in [0.15, 0.2) is 42.5 Å². The minimum absolute atomic E-state index is 0.0250. The number of nitrogens with zero attached hydrogens (tertiary/aromatic N) is 1. The molecule has 2 aromatic carbocycles. The fraction of sp³-hybridized carbons (Fsp3) is 0.458. The molecule has 4 rings (SSSR count). The van der Waals surface area contributed by atoms with Gasteiger partial charge >= 0.3 is 0 Å². The van der Waals surface area contributed by atoms with Crippen LogP contribution in [0, 0.1) is 0 Å². The molecule has 6 heteroatoms. The third kappa shape index (κ3) is 5.12. The highest BCUT2D eigenvalue weighted by molar-refractivity contribution is 5.77. The maximum absolute atomic E-state index is 12.5. The van der Waals surface area contributed by atoms with Gasteiger partial charge in [-0.15, -0.1) is 0 Å². The van der Waals surface area contributed by atoms with Crippen LogP contribution < -0.4 is 14.8 Å². The van der Waals surface area contributed by atoms with E-state index >= 15 is 0 Å². The second-order valence-electron chi connectivity index (χ2n) is 7.81. The average molecular weight is 411 g/mol. The first-order valence-electron chi connectivity index (χ1n) is 10.7. The van der Waals surface area contributed by atoms with Crippen LogP contribution >= 0.6 is 0 Å². The molecule has 0 spiro atoms. The van der Waals surface area contributed by atoms with Crippen molar-refractivity contribution in [2.24, 2.45) is 0 Å². The minimum atomic E-state index is -0.109. The second kappa shape index (κ2) is 9.96. The van der Waals surface area contributed by atoms with Crippen molar-refractivity contribution < 1.29 is 19.0 Å². The zero-order valence-electron chi connectivity index (χ0n) is 17.6. The van der Waals surface area contributed by atoms with Crippen LogP contribution in [-0.2, 0) is 22.4 Å². The predicted octanol–water partition coefficient (Wildman–Crippen LogP) is 2.75. The first-order valence-corrected chi connectivity index (χ1v) is 10.7. The van der Waals surface area contributed by atoms with Gasteiger partial charge in [-0.05, 0) is 60.2 Å². The van der Waals surface area contributed by atoms with E-state index in [0.29, 0.717) is 19.8 Å². The standard InChI is InChI=1S/C24H30N2O4/c1-28-21-8-6-19(7-9-21)23(26-11-13-29-14-12-26)16-25-24(27)17-30-22-10-5-18-3-2-4-20(18)15-22/h5-10,15,23H,2-4,11-14,16-17H2,1H3,(H,25,27)/t23-/m0/s1. The van der Waals surface area contributed by atoms with E-state index < -0.39 is 0 Å². The molecule has 1 saturated heterocycles. The van der Waals surface area contributed by atoms with Crippen molar-refractivity contribution in [3.8, 4) is 11.5 Å². The molecule has 1 aliphatic heterocycles. The summed E-state index contributed by atoms with van der Waals surface area (Å²) in [6, 6.07) is 14.3. The Bertz CT molecular complexity index is 847.